The number of benzene rings is 1. The zero-order valence-electron chi connectivity index (χ0n) is 6.48. The summed E-state index contributed by atoms with van der Waals surface area (Å²) in [7, 11) is 0. The smallest absolute Gasteiger partial charge is 0.179 e. The minimum atomic E-state index is -0.268. The fourth-order valence-electron chi connectivity index (χ4n) is 0.851. The molecule has 13 heavy (non-hydrogen) atoms. The summed E-state index contributed by atoms with van der Waals surface area (Å²) in [5.41, 5.74) is 6.12. The van der Waals surface area contributed by atoms with E-state index in [9.17, 15) is 4.79 Å². The van der Waals surface area contributed by atoms with Crippen LogP contribution in [0.15, 0.2) is 12.1 Å². The summed E-state index contributed by atoms with van der Waals surface area (Å²) >= 11 is 16.8. The number of ketones is 1. The molecule has 0 fully saturated rings. The lowest BCUT2D eigenvalue weighted by Gasteiger charge is -2.04. The second kappa shape index (κ2) is 4.18. The lowest BCUT2D eigenvalue weighted by molar-refractivity contribution is 0.102. The first-order valence-electron chi connectivity index (χ1n) is 3.40. The summed E-state index contributed by atoms with van der Waals surface area (Å²) < 4.78 is 0. The van der Waals surface area contributed by atoms with Crippen molar-refractivity contribution in [1.29, 1.82) is 0 Å². The fraction of sp³-hybridized carbons (Fsp3) is 0.125. The highest BCUT2D eigenvalue weighted by Gasteiger charge is 2.11. The van der Waals surface area contributed by atoms with Gasteiger partial charge in [-0.3, -0.25) is 4.79 Å². The molecule has 1 aromatic rings. The van der Waals surface area contributed by atoms with Crippen molar-refractivity contribution < 1.29 is 4.79 Å². The molecule has 0 aliphatic heterocycles. The van der Waals surface area contributed by atoms with Crippen molar-refractivity contribution in [3.05, 3.63) is 27.7 Å². The molecule has 0 saturated carbocycles. The molecule has 2 nitrogen and oxygen atoms in total. The minimum Gasteiger partial charge on any atom is -0.398 e. The van der Waals surface area contributed by atoms with Crippen LogP contribution < -0.4 is 5.73 Å². The first kappa shape index (κ1) is 10.6. The maximum atomic E-state index is 11.2. The van der Waals surface area contributed by atoms with Crippen LogP contribution in [0, 0.1) is 0 Å². The number of halogens is 3. The quantitative estimate of drug-likeness (QED) is 0.489. The molecule has 0 radical (unpaired) electrons. The normalized spacial score (nSPS) is 10.1. The van der Waals surface area contributed by atoms with Crippen molar-refractivity contribution in [1.82, 2.24) is 0 Å². The fourth-order valence-corrected chi connectivity index (χ4v) is 1.48. The number of Topliss-reactive ketones (excluding diaryl/α,β-unsaturated/α-hetero) is 1. The number of nitrogen functional groups attached to an aromatic ring is 1. The largest absolute Gasteiger partial charge is 0.398 e. The summed E-state index contributed by atoms with van der Waals surface area (Å²) in [4.78, 5) is 11.2. The van der Waals surface area contributed by atoms with E-state index >= 15 is 0 Å². The number of anilines is 1. The Hall–Kier alpha value is -0.440. The molecular formula is C8H6Cl3NO. The molecule has 0 aliphatic rings. The number of hydrogen-bond donors (Lipinski definition) is 1. The van der Waals surface area contributed by atoms with Crippen LogP contribution in [-0.2, 0) is 0 Å². The Morgan fingerprint density at radius 1 is 1.31 bits per heavy atom. The number of alkyl halides is 1. The maximum absolute atomic E-state index is 11.2. The van der Waals surface area contributed by atoms with Crippen LogP contribution in [0.2, 0.25) is 10.0 Å². The molecule has 0 bridgehead atoms. The predicted octanol–water partition coefficient (Wildman–Crippen LogP) is 3.00. The Balaban J connectivity index is 3.23. The highest BCUT2D eigenvalue weighted by molar-refractivity contribution is 6.40. The molecule has 0 saturated heterocycles. The number of hydrogen-bond acceptors (Lipinski definition) is 2. The van der Waals surface area contributed by atoms with Gasteiger partial charge < -0.3 is 5.73 Å². The second-order valence-electron chi connectivity index (χ2n) is 2.41. The molecule has 0 heterocycles. The summed E-state index contributed by atoms with van der Waals surface area (Å²) in [6.45, 7) is 0. The molecule has 0 amide bonds. The standard InChI is InChI=1S/C8H6Cl3NO/c9-3-8(13)4-1-7(12)6(11)2-5(4)10/h1-2H,3,12H2. The van der Waals surface area contributed by atoms with E-state index in [-0.39, 0.29) is 16.7 Å². The number of carbonyl (C=O) groups is 1. The average molecular weight is 239 g/mol. The van der Waals surface area contributed by atoms with Gasteiger partial charge in [0.05, 0.1) is 21.6 Å². The van der Waals surface area contributed by atoms with Crippen molar-refractivity contribution in [3.63, 3.8) is 0 Å². The topological polar surface area (TPSA) is 43.1 Å². The van der Waals surface area contributed by atoms with Crippen LogP contribution in [0.5, 0.6) is 0 Å². The lowest BCUT2D eigenvalue weighted by atomic mass is 10.1. The Kier molecular flexibility index (Phi) is 3.42. The van der Waals surface area contributed by atoms with Crippen LogP contribution in [0.3, 0.4) is 0 Å². The van der Waals surface area contributed by atoms with E-state index in [0.717, 1.165) is 0 Å². The van der Waals surface area contributed by atoms with Gasteiger partial charge in [-0.25, -0.2) is 0 Å². The van der Waals surface area contributed by atoms with Crippen molar-refractivity contribution in [3.8, 4) is 0 Å². The van der Waals surface area contributed by atoms with Gasteiger partial charge in [0, 0.05) is 5.56 Å². The number of carbonyl (C=O) groups excluding carboxylic acids is 1. The van der Waals surface area contributed by atoms with Crippen LogP contribution in [0.1, 0.15) is 10.4 Å². The zero-order valence-corrected chi connectivity index (χ0v) is 8.75. The Bertz CT molecular complexity index is 351. The Morgan fingerprint density at radius 2 is 1.92 bits per heavy atom. The minimum absolute atomic E-state index is 0.124. The molecule has 0 spiro atoms. The molecule has 70 valence electrons. The van der Waals surface area contributed by atoms with Crippen molar-refractivity contribution in [2.45, 2.75) is 0 Å². The van der Waals surface area contributed by atoms with Gasteiger partial charge >= 0.3 is 0 Å². The van der Waals surface area contributed by atoms with Crippen molar-refractivity contribution >= 4 is 46.3 Å². The van der Waals surface area contributed by atoms with Crippen molar-refractivity contribution in [2.75, 3.05) is 11.6 Å². The zero-order chi connectivity index (χ0) is 10.0. The van der Waals surface area contributed by atoms with Crippen LogP contribution >= 0.6 is 34.8 Å². The van der Waals surface area contributed by atoms with Gasteiger partial charge in [0.2, 0.25) is 0 Å². The van der Waals surface area contributed by atoms with Gasteiger partial charge in [0.15, 0.2) is 5.78 Å². The lowest BCUT2D eigenvalue weighted by Crippen LogP contribution is -2.02. The van der Waals surface area contributed by atoms with E-state index in [1.165, 1.54) is 12.1 Å². The molecule has 0 aromatic heterocycles. The second-order valence-corrected chi connectivity index (χ2v) is 3.49. The maximum Gasteiger partial charge on any atom is 0.179 e. The van der Waals surface area contributed by atoms with Gasteiger partial charge in [-0.1, -0.05) is 23.2 Å². The first-order valence-corrected chi connectivity index (χ1v) is 4.69. The van der Waals surface area contributed by atoms with Gasteiger partial charge in [-0.2, -0.15) is 0 Å². The molecule has 5 heteroatoms. The average Bonchev–Trinajstić information content (AvgIpc) is 2.10. The highest BCUT2D eigenvalue weighted by atomic mass is 35.5. The van der Waals surface area contributed by atoms with E-state index in [1.54, 1.807) is 0 Å². The van der Waals surface area contributed by atoms with E-state index < -0.39 is 0 Å². The van der Waals surface area contributed by atoms with Gasteiger partial charge in [-0.05, 0) is 12.1 Å². The molecular weight excluding hydrogens is 232 g/mol. The molecule has 0 unspecified atom stereocenters. The first-order chi connectivity index (χ1) is 6.06. The third-order valence-corrected chi connectivity index (χ3v) is 2.39. The number of rotatable bonds is 2. The van der Waals surface area contributed by atoms with E-state index in [0.29, 0.717) is 16.3 Å². The summed E-state index contributed by atoms with van der Waals surface area (Å²) in [5.74, 6) is -0.393. The predicted molar refractivity (Wildman–Crippen MR) is 55.9 cm³/mol. The van der Waals surface area contributed by atoms with Crippen LogP contribution in [0.25, 0.3) is 0 Å². The van der Waals surface area contributed by atoms with Gasteiger partial charge in [0.25, 0.3) is 0 Å². The van der Waals surface area contributed by atoms with Gasteiger partial charge in [0.1, 0.15) is 0 Å². The SMILES string of the molecule is Nc1cc(C(=O)CCl)c(Cl)cc1Cl. The molecule has 0 aliphatic carbocycles. The van der Waals surface area contributed by atoms with Crippen LogP contribution in [0.4, 0.5) is 5.69 Å². The molecule has 0 atom stereocenters. The third-order valence-electron chi connectivity index (χ3n) is 1.51. The highest BCUT2D eigenvalue weighted by Crippen LogP contribution is 2.27. The molecule has 1 rings (SSSR count). The van der Waals surface area contributed by atoms with Crippen LogP contribution in [-0.4, -0.2) is 11.7 Å². The monoisotopic (exact) mass is 237 g/mol. The van der Waals surface area contributed by atoms with Gasteiger partial charge in [-0.15, -0.1) is 11.6 Å². The Morgan fingerprint density at radius 3 is 2.46 bits per heavy atom. The Labute approximate surface area is 90.6 Å². The summed E-state index contributed by atoms with van der Waals surface area (Å²) in [6.07, 6.45) is 0. The summed E-state index contributed by atoms with van der Waals surface area (Å²) in [5, 5.41) is 0.598. The van der Waals surface area contributed by atoms with E-state index in [1.807, 2.05) is 0 Å². The molecule has 2 N–H and O–H groups in total. The number of nitrogens with two attached hydrogens (primary N) is 1. The summed E-state index contributed by atoms with van der Waals surface area (Å²) in [6, 6.07) is 2.85. The third kappa shape index (κ3) is 2.27. The van der Waals surface area contributed by atoms with E-state index in [4.69, 9.17) is 40.5 Å². The molecule has 1 aromatic carbocycles. The van der Waals surface area contributed by atoms with Crippen molar-refractivity contribution in [2.24, 2.45) is 0 Å². The van der Waals surface area contributed by atoms with E-state index in [2.05, 4.69) is 0 Å².